The number of halogens is 1. The number of aryl methyl sites for hydroxylation is 1. The molecule has 0 radical (unpaired) electrons. The molecule has 4 nitrogen and oxygen atoms in total. The van der Waals surface area contributed by atoms with Gasteiger partial charge in [0, 0.05) is 19.1 Å². The third-order valence-electron chi connectivity index (χ3n) is 3.20. The predicted octanol–water partition coefficient (Wildman–Crippen LogP) is 3.53. The van der Waals surface area contributed by atoms with Crippen LogP contribution in [0.15, 0.2) is 18.2 Å². The Morgan fingerprint density at radius 2 is 2.05 bits per heavy atom. The second-order valence-corrected chi connectivity index (χ2v) is 6.45. The first-order valence-electron chi connectivity index (χ1n) is 7.66. The summed E-state index contributed by atoms with van der Waals surface area (Å²) in [7, 11) is 0. The molecule has 0 aliphatic heterocycles. The predicted molar refractivity (Wildman–Crippen MR) is 86.3 cm³/mol. The topological polar surface area (TPSA) is 50.4 Å². The lowest BCUT2D eigenvalue weighted by Gasteiger charge is -2.22. The molecule has 1 rings (SSSR count). The average molecular weight is 310 g/mol. The highest BCUT2D eigenvalue weighted by atomic mass is 19.1. The molecule has 0 aliphatic carbocycles. The Balaban J connectivity index is 2.42. The van der Waals surface area contributed by atoms with Gasteiger partial charge in [-0.15, -0.1) is 0 Å². The number of hydrogen-bond acceptors (Lipinski definition) is 3. The number of carbonyl (C=O) groups is 1. The fourth-order valence-electron chi connectivity index (χ4n) is 1.96. The zero-order chi connectivity index (χ0) is 16.8. The molecule has 0 aliphatic rings. The van der Waals surface area contributed by atoms with Gasteiger partial charge in [0.15, 0.2) is 0 Å². The first kappa shape index (κ1) is 18.4. The van der Waals surface area contributed by atoms with Crippen LogP contribution in [0, 0.1) is 12.7 Å². The monoisotopic (exact) mass is 310 g/mol. The lowest BCUT2D eigenvalue weighted by atomic mass is 10.1. The van der Waals surface area contributed by atoms with Gasteiger partial charge >= 0.3 is 6.09 Å². The molecular weight excluding hydrogens is 283 g/mol. The normalized spacial score (nSPS) is 12.8. The number of benzene rings is 1. The van der Waals surface area contributed by atoms with Gasteiger partial charge in [-0.05, 0) is 51.3 Å². The van der Waals surface area contributed by atoms with Gasteiger partial charge in [-0.1, -0.05) is 19.1 Å². The molecule has 0 fully saturated rings. The first-order chi connectivity index (χ1) is 10.2. The van der Waals surface area contributed by atoms with Crippen molar-refractivity contribution in [2.45, 2.75) is 59.2 Å². The highest BCUT2D eigenvalue weighted by Crippen LogP contribution is 2.09. The molecule has 2 N–H and O–H groups in total. The average Bonchev–Trinajstić information content (AvgIpc) is 2.41. The minimum absolute atomic E-state index is 0.137. The first-order valence-corrected chi connectivity index (χ1v) is 7.66. The van der Waals surface area contributed by atoms with Gasteiger partial charge in [0.2, 0.25) is 0 Å². The summed E-state index contributed by atoms with van der Waals surface area (Å²) in [6.07, 6.45) is 0.459. The van der Waals surface area contributed by atoms with E-state index in [1.54, 1.807) is 13.0 Å². The van der Waals surface area contributed by atoms with Crippen molar-refractivity contribution in [3.63, 3.8) is 0 Å². The number of rotatable bonds is 6. The molecule has 22 heavy (non-hydrogen) atoms. The zero-order valence-corrected chi connectivity index (χ0v) is 14.1. The Morgan fingerprint density at radius 3 is 2.59 bits per heavy atom. The van der Waals surface area contributed by atoms with E-state index in [-0.39, 0.29) is 11.9 Å². The molecule has 1 aromatic rings. The third kappa shape index (κ3) is 6.89. The number of ether oxygens (including phenoxy) is 1. The van der Waals surface area contributed by atoms with E-state index >= 15 is 0 Å². The van der Waals surface area contributed by atoms with Crippen molar-refractivity contribution < 1.29 is 13.9 Å². The van der Waals surface area contributed by atoms with Crippen molar-refractivity contribution in [3.8, 4) is 0 Å². The summed E-state index contributed by atoms with van der Waals surface area (Å²) in [5.74, 6) is -0.192. The minimum Gasteiger partial charge on any atom is -0.444 e. The van der Waals surface area contributed by atoms with E-state index in [2.05, 4.69) is 10.6 Å². The maximum atomic E-state index is 13.2. The van der Waals surface area contributed by atoms with Gasteiger partial charge in [-0.2, -0.15) is 0 Å². The van der Waals surface area contributed by atoms with Crippen LogP contribution in [-0.4, -0.2) is 24.3 Å². The molecule has 0 aromatic heterocycles. The standard InChI is InChI=1S/C17H27FN2O2/c1-6-14(11-20-16(21)22-17(3,4)5)19-10-13-7-8-15(18)12(2)9-13/h7-9,14,19H,6,10-11H2,1-5H3,(H,20,21). The maximum absolute atomic E-state index is 13.2. The molecule has 1 aromatic carbocycles. The van der Waals surface area contributed by atoms with E-state index in [1.165, 1.54) is 6.07 Å². The Bertz CT molecular complexity index is 498. The highest BCUT2D eigenvalue weighted by molar-refractivity contribution is 5.67. The van der Waals surface area contributed by atoms with Crippen molar-refractivity contribution in [3.05, 3.63) is 35.1 Å². The van der Waals surface area contributed by atoms with Gasteiger partial charge in [0.05, 0.1) is 0 Å². The third-order valence-corrected chi connectivity index (χ3v) is 3.20. The summed E-state index contributed by atoms with van der Waals surface area (Å²) in [6, 6.07) is 5.21. The van der Waals surface area contributed by atoms with Crippen molar-refractivity contribution >= 4 is 6.09 Å². The van der Waals surface area contributed by atoms with E-state index in [0.29, 0.717) is 18.7 Å². The van der Waals surface area contributed by atoms with Crippen molar-refractivity contribution in [1.82, 2.24) is 10.6 Å². The van der Waals surface area contributed by atoms with Crippen LogP contribution in [0.3, 0.4) is 0 Å². The highest BCUT2D eigenvalue weighted by Gasteiger charge is 2.16. The number of carbonyl (C=O) groups excluding carboxylic acids is 1. The van der Waals surface area contributed by atoms with E-state index in [9.17, 15) is 9.18 Å². The number of amides is 1. The molecule has 0 saturated heterocycles. The second-order valence-electron chi connectivity index (χ2n) is 6.45. The summed E-state index contributed by atoms with van der Waals surface area (Å²) in [5.41, 5.74) is 1.17. The summed E-state index contributed by atoms with van der Waals surface area (Å²) < 4.78 is 18.4. The largest absolute Gasteiger partial charge is 0.444 e. The van der Waals surface area contributed by atoms with Gasteiger partial charge in [0.1, 0.15) is 11.4 Å². The second kappa shape index (κ2) is 8.13. The smallest absolute Gasteiger partial charge is 0.407 e. The van der Waals surface area contributed by atoms with Crippen LogP contribution in [0.4, 0.5) is 9.18 Å². The lowest BCUT2D eigenvalue weighted by molar-refractivity contribution is 0.0522. The van der Waals surface area contributed by atoms with E-state index < -0.39 is 11.7 Å². The summed E-state index contributed by atoms with van der Waals surface area (Å²) in [5, 5.41) is 6.12. The van der Waals surface area contributed by atoms with E-state index in [4.69, 9.17) is 4.74 Å². The Labute approximate surface area is 132 Å². The Morgan fingerprint density at radius 1 is 1.36 bits per heavy atom. The summed E-state index contributed by atoms with van der Waals surface area (Å²) >= 11 is 0. The van der Waals surface area contributed by atoms with Crippen LogP contribution < -0.4 is 10.6 Å². The maximum Gasteiger partial charge on any atom is 0.407 e. The van der Waals surface area contributed by atoms with Gasteiger partial charge in [-0.25, -0.2) is 9.18 Å². The summed E-state index contributed by atoms with van der Waals surface area (Å²) in [4.78, 5) is 11.6. The number of hydrogen-bond donors (Lipinski definition) is 2. The quantitative estimate of drug-likeness (QED) is 0.845. The van der Waals surface area contributed by atoms with Crippen LogP contribution >= 0.6 is 0 Å². The van der Waals surface area contributed by atoms with Crippen molar-refractivity contribution in [2.75, 3.05) is 6.54 Å². The summed E-state index contributed by atoms with van der Waals surface area (Å²) in [6.45, 7) is 10.4. The molecule has 0 saturated carbocycles. The fraction of sp³-hybridized carbons (Fsp3) is 0.588. The lowest BCUT2D eigenvalue weighted by Crippen LogP contribution is -2.42. The molecule has 0 heterocycles. The van der Waals surface area contributed by atoms with Gasteiger partial charge in [0.25, 0.3) is 0 Å². The van der Waals surface area contributed by atoms with Crippen LogP contribution in [0.1, 0.15) is 45.2 Å². The molecule has 1 atom stereocenters. The molecule has 1 unspecified atom stereocenters. The van der Waals surface area contributed by atoms with Gasteiger partial charge < -0.3 is 15.4 Å². The molecule has 5 heteroatoms. The fourth-order valence-corrected chi connectivity index (χ4v) is 1.96. The zero-order valence-electron chi connectivity index (χ0n) is 14.1. The molecule has 0 spiro atoms. The Kier molecular flexibility index (Phi) is 6.81. The van der Waals surface area contributed by atoms with Crippen LogP contribution in [-0.2, 0) is 11.3 Å². The van der Waals surface area contributed by atoms with E-state index in [1.807, 2.05) is 33.8 Å². The Hall–Kier alpha value is -1.62. The van der Waals surface area contributed by atoms with Crippen LogP contribution in [0.5, 0.6) is 0 Å². The van der Waals surface area contributed by atoms with Crippen LogP contribution in [0.2, 0.25) is 0 Å². The van der Waals surface area contributed by atoms with Crippen molar-refractivity contribution in [1.29, 1.82) is 0 Å². The van der Waals surface area contributed by atoms with Gasteiger partial charge in [-0.3, -0.25) is 0 Å². The minimum atomic E-state index is -0.495. The SMILES string of the molecule is CCC(CNC(=O)OC(C)(C)C)NCc1ccc(F)c(C)c1. The molecule has 124 valence electrons. The molecule has 0 bridgehead atoms. The van der Waals surface area contributed by atoms with Crippen LogP contribution in [0.25, 0.3) is 0 Å². The number of nitrogens with one attached hydrogen (secondary N) is 2. The molecule has 1 amide bonds. The molecular formula is C17H27FN2O2. The number of alkyl carbamates (subject to hydrolysis) is 1. The van der Waals surface area contributed by atoms with Crippen molar-refractivity contribution in [2.24, 2.45) is 0 Å². The van der Waals surface area contributed by atoms with E-state index in [0.717, 1.165) is 12.0 Å².